The van der Waals surface area contributed by atoms with Gasteiger partial charge in [-0.25, -0.2) is 4.39 Å². The minimum Gasteiger partial charge on any atom is -0.327 e. The van der Waals surface area contributed by atoms with Crippen LogP contribution < -0.4 is 5.73 Å². The topological polar surface area (TPSA) is 26.0 Å². The van der Waals surface area contributed by atoms with Crippen LogP contribution in [0.2, 0.25) is 0 Å². The van der Waals surface area contributed by atoms with Crippen LogP contribution in [0, 0.1) is 17.2 Å². The fourth-order valence-electron chi connectivity index (χ4n) is 2.96. The molecule has 1 aromatic rings. The maximum Gasteiger partial charge on any atom is 0.124 e. The van der Waals surface area contributed by atoms with Crippen molar-refractivity contribution in [1.29, 1.82) is 0 Å². The highest BCUT2D eigenvalue weighted by molar-refractivity contribution is 9.10. The van der Waals surface area contributed by atoms with E-state index in [0.29, 0.717) is 11.3 Å². The van der Waals surface area contributed by atoms with E-state index in [1.54, 1.807) is 0 Å². The first-order valence-corrected chi connectivity index (χ1v) is 7.86. The average molecular weight is 328 g/mol. The van der Waals surface area contributed by atoms with Crippen molar-refractivity contribution in [1.82, 2.24) is 0 Å². The van der Waals surface area contributed by atoms with Crippen LogP contribution >= 0.6 is 15.9 Å². The van der Waals surface area contributed by atoms with Crippen LogP contribution in [-0.2, 0) is 6.42 Å². The van der Waals surface area contributed by atoms with Crippen LogP contribution in [0.5, 0.6) is 0 Å². The third kappa shape index (κ3) is 4.03. The first-order valence-electron chi connectivity index (χ1n) is 7.07. The van der Waals surface area contributed by atoms with E-state index < -0.39 is 0 Å². The van der Waals surface area contributed by atoms with Crippen molar-refractivity contribution in [2.75, 3.05) is 0 Å². The van der Waals surface area contributed by atoms with Gasteiger partial charge in [-0.15, -0.1) is 0 Å². The molecular formula is C16H23BrFN. The summed E-state index contributed by atoms with van der Waals surface area (Å²) in [6, 6.07) is 5.05. The molecule has 0 bridgehead atoms. The maximum atomic E-state index is 13.1. The maximum absolute atomic E-state index is 13.1. The van der Waals surface area contributed by atoms with Crippen LogP contribution in [-0.4, -0.2) is 6.04 Å². The predicted molar refractivity (Wildman–Crippen MR) is 81.5 cm³/mol. The molecule has 0 saturated heterocycles. The standard InChI is InChI=1S/C16H23BrFN/c1-16(2)7-5-11(6-8-16)15(19)9-12-3-4-13(18)10-14(12)17/h3-4,10-11,15H,5-9,19H2,1-2H3. The van der Waals surface area contributed by atoms with Gasteiger partial charge in [0.15, 0.2) is 0 Å². The second kappa shape index (κ2) is 5.92. The molecule has 0 aromatic heterocycles. The summed E-state index contributed by atoms with van der Waals surface area (Å²) in [5, 5.41) is 0. The highest BCUT2D eigenvalue weighted by atomic mass is 79.9. The van der Waals surface area contributed by atoms with E-state index in [1.165, 1.54) is 37.8 Å². The molecule has 1 aliphatic rings. The molecule has 1 aliphatic carbocycles. The van der Waals surface area contributed by atoms with Crippen LogP contribution in [0.3, 0.4) is 0 Å². The second-order valence-corrected chi connectivity index (χ2v) is 7.46. The Morgan fingerprint density at radius 2 is 2.00 bits per heavy atom. The smallest absolute Gasteiger partial charge is 0.124 e. The Hall–Kier alpha value is -0.410. The molecule has 1 aromatic carbocycles. The number of hydrogen-bond donors (Lipinski definition) is 1. The fourth-order valence-corrected chi connectivity index (χ4v) is 3.47. The van der Waals surface area contributed by atoms with Crippen molar-refractivity contribution in [3.8, 4) is 0 Å². The molecule has 19 heavy (non-hydrogen) atoms. The predicted octanol–water partition coefficient (Wildman–Crippen LogP) is 4.67. The van der Waals surface area contributed by atoms with E-state index in [4.69, 9.17) is 5.73 Å². The SMILES string of the molecule is CC1(C)CCC(C(N)Cc2ccc(F)cc2Br)CC1. The summed E-state index contributed by atoms with van der Waals surface area (Å²) < 4.78 is 13.9. The van der Waals surface area contributed by atoms with Crippen molar-refractivity contribution >= 4 is 15.9 Å². The molecule has 1 fully saturated rings. The molecule has 1 atom stereocenters. The fraction of sp³-hybridized carbons (Fsp3) is 0.625. The highest BCUT2D eigenvalue weighted by Gasteiger charge is 2.30. The lowest BCUT2D eigenvalue weighted by Crippen LogP contribution is -2.36. The average Bonchev–Trinajstić information content (AvgIpc) is 2.32. The zero-order valence-corrected chi connectivity index (χ0v) is 13.3. The van der Waals surface area contributed by atoms with Gasteiger partial charge in [-0.3, -0.25) is 0 Å². The molecule has 0 heterocycles. The van der Waals surface area contributed by atoms with Crippen LogP contribution in [0.4, 0.5) is 4.39 Å². The van der Waals surface area contributed by atoms with E-state index >= 15 is 0 Å². The third-order valence-electron chi connectivity index (χ3n) is 4.46. The van der Waals surface area contributed by atoms with Crippen molar-refractivity contribution in [3.05, 3.63) is 34.1 Å². The lowest BCUT2D eigenvalue weighted by atomic mass is 9.70. The Morgan fingerprint density at radius 3 is 2.58 bits per heavy atom. The lowest BCUT2D eigenvalue weighted by molar-refractivity contribution is 0.173. The summed E-state index contributed by atoms with van der Waals surface area (Å²) in [4.78, 5) is 0. The Balaban J connectivity index is 1.96. The number of benzene rings is 1. The zero-order valence-electron chi connectivity index (χ0n) is 11.8. The molecule has 106 valence electrons. The minimum atomic E-state index is -0.205. The van der Waals surface area contributed by atoms with E-state index in [1.807, 2.05) is 6.07 Å². The molecule has 2 rings (SSSR count). The van der Waals surface area contributed by atoms with Gasteiger partial charge in [0.1, 0.15) is 5.82 Å². The van der Waals surface area contributed by atoms with E-state index in [2.05, 4.69) is 29.8 Å². The van der Waals surface area contributed by atoms with E-state index in [0.717, 1.165) is 16.5 Å². The highest BCUT2D eigenvalue weighted by Crippen LogP contribution is 2.39. The normalized spacial score (nSPS) is 21.3. The molecule has 0 amide bonds. The van der Waals surface area contributed by atoms with Gasteiger partial charge in [0.25, 0.3) is 0 Å². The quantitative estimate of drug-likeness (QED) is 0.857. The summed E-state index contributed by atoms with van der Waals surface area (Å²) >= 11 is 3.42. The number of halogens is 2. The Bertz CT molecular complexity index is 434. The molecule has 1 nitrogen and oxygen atoms in total. The number of rotatable bonds is 3. The van der Waals surface area contributed by atoms with E-state index in [-0.39, 0.29) is 11.9 Å². The van der Waals surface area contributed by atoms with Gasteiger partial charge < -0.3 is 5.73 Å². The van der Waals surface area contributed by atoms with Crippen LogP contribution in [0.1, 0.15) is 45.1 Å². The molecule has 3 heteroatoms. The number of hydrogen-bond acceptors (Lipinski definition) is 1. The van der Waals surface area contributed by atoms with Gasteiger partial charge in [-0.1, -0.05) is 35.8 Å². The third-order valence-corrected chi connectivity index (χ3v) is 5.20. The molecule has 1 unspecified atom stereocenters. The zero-order chi connectivity index (χ0) is 14.0. The largest absolute Gasteiger partial charge is 0.327 e. The first-order chi connectivity index (χ1) is 8.87. The van der Waals surface area contributed by atoms with Crippen molar-refractivity contribution in [3.63, 3.8) is 0 Å². The van der Waals surface area contributed by atoms with Crippen molar-refractivity contribution in [2.45, 2.75) is 52.0 Å². The molecule has 1 saturated carbocycles. The summed E-state index contributed by atoms with van der Waals surface area (Å²) in [7, 11) is 0. The Morgan fingerprint density at radius 1 is 1.37 bits per heavy atom. The molecule has 2 N–H and O–H groups in total. The van der Waals surface area contributed by atoms with Gasteiger partial charge in [0, 0.05) is 10.5 Å². The molecule has 0 radical (unpaired) electrons. The summed E-state index contributed by atoms with van der Waals surface area (Å²) in [5.74, 6) is 0.397. The van der Waals surface area contributed by atoms with Gasteiger partial charge in [-0.05, 0) is 61.1 Å². The second-order valence-electron chi connectivity index (χ2n) is 6.61. The van der Waals surface area contributed by atoms with Crippen LogP contribution in [0.25, 0.3) is 0 Å². The van der Waals surface area contributed by atoms with Crippen molar-refractivity contribution in [2.24, 2.45) is 17.1 Å². The molecule has 0 spiro atoms. The molecular weight excluding hydrogens is 305 g/mol. The van der Waals surface area contributed by atoms with Gasteiger partial charge in [0.05, 0.1) is 0 Å². The number of nitrogens with two attached hydrogens (primary N) is 1. The lowest BCUT2D eigenvalue weighted by Gasteiger charge is -2.37. The van der Waals surface area contributed by atoms with Crippen LogP contribution in [0.15, 0.2) is 22.7 Å². The van der Waals surface area contributed by atoms with Gasteiger partial charge in [0.2, 0.25) is 0 Å². The van der Waals surface area contributed by atoms with E-state index in [9.17, 15) is 4.39 Å². The molecule has 0 aliphatic heterocycles. The monoisotopic (exact) mass is 327 g/mol. The van der Waals surface area contributed by atoms with Gasteiger partial charge >= 0.3 is 0 Å². The van der Waals surface area contributed by atoms with Gasteiger partial charge in [-0.2, -0.15) is 0 Å². The van der Waals surface area contributed by atoms with Crippen molar-refractivity contribution < 1.29 is 4.39 Å². The summed E-state index contributed by atoms with van der Waals surface area (Å²) in [6.07, 6.45) is 5.78. The first kappa shape index (κ1) is 15.0. The Kier molecular flexibility index (Phi) is 4.67. The minimum absolute atomic E-state index is 0.179. The Labute approximate surface area is 123 Å². The summed E-state index contributed by atoms with van der Waals surface area (Å²) in [5.41, 5.74) is 7.95. The summed E-state index contributed by atoms with van der Waals surface area (Å²) in [6.45, 7) is 4.68.